The lowest BCUT2D eigenvalue weighted by molar-refractivity contribution is 0.628. The number of hydrogen-bond donors (Lipinski definition) is 1. The van der Waals surface area contributed by atoms with Crippen LogP contribution >= 0.6 is 0 Å². The van der Waals surface area contributed by atoms with Crippen LogP contribution < -0.4 is 5.32 Å². The van der Waals surface area contributed by atoms with Gasteiger partial charge in [-0.25, -0.2) is 4.39 Å². The average Bonchev–Trinajstić information content (AvgIpc) is 2.30. The molecular weight excluding hydrogens is 189 g/mol. The molecule has 0 unspecified atom stereocenters. The Hall–Kier alpha value is -1.83. The van der Waals surface area contributed by atoms with E-state index >= 15 is 0 Å². The van der Waals surface area contributed by atoms with Gasteiger partial charge in [-0.2, -0.15) is 0 Å². The van der Waals surface area contributed by atoms with Crippen molar-refractivity contribution in [2.24, 2.45) is 0 Å². The molecule has 1 N–H and O–H groups in total. The summed E-state index contributed by atoms with van der Waals surface area (Å²) in [7, 11) is 0. The minimum absolute atomic E-state index is 0.208. The predicted octanol–water partition coefficient (Wildman–Crippen LogP) is 3.44. The maximum absolute atomic E-state index is 12.6. The van der Waals surface area contributed by atoms with Crippen LogP contribution in [0.25, 0.3) is 0 Å². The molecule has 0 bridgehead atoms. The summed E-state index contributed by atoms with van der Waals surface area (Å²) < 4.78 is 12.6. The van der Waals surface area contributed by atoms with Gasteiger partial charge in [0.15, 0.2) is 0 Å². The van der Waals surface area contributed by atoms with Gasteiger partial charge in [-0.3, -0.25) is 0 Å². The summed E-state index contributed by atoms with van der Waals surface area (Å²) in [5, 5.41) is 3.22. The molecule has 2 heteroatoms. The molecule has 0 saturated heterocycles. The fourth-order valence-electron chi connectivity index (χ4n) is 1.37. The molecule has 0 aliphatic heterocycles. The van der Waals surface area contributed by atoms with Crippen molar-refractivity contribution in [2.45, 2.75) is 6.54 Å². The van der Waals surface area contributed by atoms with Crippen molar-refractivity contribution in [1.82, 2.24) is 0 Å². The summed E-state index contributed by atoms with van der Waals surface area (Å²) in [6.45, 7) is 0.756. The summed E-state index contributed by atoms with van der Waals surface area (Å²) in [6.07, 6.45) is 0. The second kappa shape index (κ2) is 4.60. The average molecular weight is 201 g/mol. The molecule has 2 aromatic rings. The van der Waals surface area contributed by atoms with Crippen molar-refractivity contribution in [3.8, 4) is 0 Å². The molecule has 0 aliphatic carbocycles. The third-order valence-electron chi connectivity index (χ3n) is 2.18. The smallest absolute Gasteiger partial charge is 0.123 e. The van der Waals surface area contributed by atoms with Gasteiger partial charge in [0.1, 0.15) is 5.82 Å². The Kier molecular flexibility index (Phi) is 2.98. The fraction of sp³-hybridized carbons (Fsp3) is 0.0769. The molecule has 76 valence electrons. The van der Waals surface area contributed by atoms with Gasteiger partial charge in [-0.15, -0.1) is 0 Å². The highest BCUT2D eigenvalue weighted by Crippen LogP contribution is 2.10. The van der Waals surface area contributed by atoms with Crippen LogP contribution in [0.1, 0.15) is 5.56 Å². The van der Waals surface area contributed by atoms with Gasteiger partial charge in [-0.1, -0.05) is 30.3 Å². The van der Waals surface area contributed by atoms with Crippen LogP contribution in [0.4, 0.5) is 10.1 Å². The molecule has 0 saturated carbocycles. The summed E-state index contributed by atoms with van der Waals surface area (Å²) in [6, 6.07) is 16.5. The maximum Gasteiger partial charge on any atom is 0.123 e. The summed E-state index contributed by atoms with van der Waals surface area (Å²) >= 11 is 0. The largest absolute Gasteiger partial charge is 0.381 e. The standard InChI is InChI=1S/C13H12FN/c14-12-6-8-13(9-7-12)15-10-11-4-2-1-3-5-11/h1-9,15H,10H2. The minimum atomic E-state index is -0.208. The Balaban J connectivity index is 1.96. The summed E-state index contributed by atoms with van der Waals surface area (Å²) in [4.78, 5) is 0. The molecule has 0 amide bonds. The van der Waals surface area contributed by atoms with Gasteiger partial charge in [0.25, 0.3) is 0 Å². The van der Waals surface area contributed by atoms with Crippen LogP contribution in [0.5, 0.6) is 0 Å². The number of benzene rings is 2. The first kappa shape index (κ1) is 9.71. The molecule has 0 heterocycles. The monoisotopic (exact) mass is 201 g/mol. The molecule has 0 spiro atoms. The second-order valence-corrected chi connectivity index (χ2v) is 3.35. The van der Waals surface area contributed by atoms with Crippen LogP contribution in [0.2, 0.25) is 0 Å². The van der Waals surface area contributed by atoms with Gasteiger partial charge >= 0.3 is 0 Å². The van der Waals surface area contributed by atoms with Crippen LogP contribution in [-0.4, -0.2) is 0 Å². The Morgan fingerprint density at radius 2 is 1.53 bits per heavy atom. The number of halogens is 1. The first-order valence-corrected chi connectivity index (χ1v) is 4.88. The Morgan fingerprint density at radius 3 is 2.20 bits per heavy atom. The van der Waals surface area contributed by atoms with Gasteiger partial charge < -0.3 is 5.32 Å². The molecule has 15 heavy (non-hydrogen) atoms. The van der Waals surface area contributed by atoms with E-state index in [2.05, 4.69) is 17.4 Å². The highest BCUT2D eigenvalue weighted by molar-refractivity contribution is 5.43. The fourth-order valence-corrected chi connectivity index (χ4v) is 1.37. The molecule has 2 aromatic carbocycles. The predicted molar refractivity (Wildman–Crippen MR) is 60.2 cm³/mol. The Morgan fingerprint density at radius 1 is 0.867 bits per heavy atom. The van der Waals surface area contributed by atoms with E-state index in [9.17, 15) is 4.39 Å². The van der Waals surface area contributed by atoms with Crippen LogP contribution in [0.15, 0.2) is 54.6 Å². The zero-order chi connectivity index (χ0) is 10.5. The van der Waals surface area contributed by atoms with Crippen molar-refractivity contribution in [1.29, 1.82) is 0 Å². The van der Waals surface area contributed by atoms with E-state index in [1.165, 1.54) is 17.7 Å². The van der Waals surface area contributed by atoms with Crippen LogP contribution in [0.3, 0.4) is 0 Å². The maximum atomic E-state index is 12.6. The first-order chi connectivity index (χ1) is 7.34. The molecule has 0 fully saturated rings. The van der Waals surface area contributed by atoms with E-state index in [4.69, 9.17) is 0 Å². The molecule has 2 rings (SSSR count). The number of rotatable bonds is 3. The molecule has 0 radical (unpaired) electrons. The lowest BCUT2D eigenvalue weighted by Gasteiger charge is -2.05. The third kappa shape index (κ3) is 2.81. The van der Waals surface area contributed by atoms with Crippen molar-refractivity contribution in [2.75, 3.05) is 5.32 Å². The quantitative estimate of drug-likeness (QED) is 0.802. The van der Waals surface area contributed by atoms with E-state index in [-0.39, 0.29) is 5.82 Å². The van der Waals surface area contributed by atoms with E-state index in [0.717, 1.165) is 12.2 Å². The van der Waals surface area contributed by atoms with E-state index in [0.29, 0.717) is 0 Å². The molecule has 0 aromatic heterocycles. The van der Waals surface area contributed by atoms with E-state index < -0.39 is 0 Å². The Labute approximate surface area is 88.6 Å². The first-order valence-electron chi connectivity index (χ1n) is 4.88. The topological polar surface area (TPSA) is 12.0 Å². The second-order valence-electron chi connectivity index (χ2n) is 3.35. The van der Waals surface area contributed by atoms with Crippen molar-refractivity contribution >= 4 is 5.69 Å². The van der Waals surface area contributed by atoms with Crippen molar-refractivity contribution in [3.63, 3.8) is 0 Å². The van der Waals surface area contributed by atoms with E-state index in [1.54, 1.807) is 12.1 Å². The SMILES string of the molecule is Fc1ccc(NCc2ccccc2)cc1. The number of hydrogen-bond acceptors (Lipinski definition) is 1. The zero-order valence-corrected chi connectivity index (χ0v) is 8.28. The van der Waals surface area contributed by atoms with Crippen molar-refractivity contribution in [3.05, 3.63) is 66.0 Å². The summed E-state index contributed by atoms with van der Waals surface area (Å²) in [5.41, 5.74) is 2.14. The Bertz CT molecular complexity index is 408. The van der Waals surface area contributed by atoms with Gasteiger partial charge in [0.05, 0.1) is 0 Å². The molecule has 0 atom stereocenters. The summed E-state index contributed by atoms with van der Waals surface area (Å²) in [5.74, 6) is -0.208. The zero-order valence-electron chi connectivity index (χ0n) is 8.28. The molecule has 1 nitrogen and oxygen atoms in total. The van der Waals surface area contributed by atoms with Gasteiger partial charge in [0, 0.05) is 12.2 Å². The molecular formula is C13H12FN. The molecule has 0 aliphatic rings. The number of anilines is 1. The van der Waals surface area contributed by atoms with Crippen LogP contribution in [-0.2, 0) is 6.54 Å². The highest BCUT2D eigenvalue weighted by atomic mass is 19.1. The van der Waals surface area contributed by atoms with E-state index in [1.807, 2.05) is 18.2 Å². The minimum Gasteiger partial charge on any atom is -0.381 e. The lowest BCUT2D eigenvalue weighted by atomic mass is 10.2. The lowest BCUT2D eigenvalue weighted by Crippen LogP contribution is -1.98. The van der Waals surface area contributed by atoms with Crippen molar-refractivity contribution < 1.29 is 4.39 Å². The van der Waals surface area contributed by atoms with Gasteiger partial charge in [0.2, 0.25) is 0 Å². The van der Waals surface area contributed by atoms with Gasteiger partial charge in [-0.05, 0) is 29.8 Å². The highest BCUT2D eigenvalue weighted by Gasteiger charge is 1.93. The third-order valence-corrected chi connectivity index (χ3v) is 2.18. The van der Waals surface area contributed by atoms with Crippen LogP contribution in [0, 0.1) is 5.82 Å². The normalized spacial score (nSPS) is 9.93. The number of nitrogens with one attached hydrogen (secondary N) is 1.